The predicted octanol–water partition coefficient (Wildman–Crippen LogP) is 2.90. The Bertz CT molecular complexity index is 346. The molecule has 1 aromatic rings. The lowest BCUT2D eigenvalue weighted by molar-refractivity contribution is 0.198. The summed E-state index contributed by atoms with van der Waals surface area (Å²) >= 11 is 0. The second-order valence-corrected chi connectivity index (χ2v) is 5.03. The van der Waals surface area contributed by atoms with E-state index in [4.69, 9.17) is 4.74 Å². The predicted molar refractivity (Wildman–Crippen MR) is 69.1 cm³/mol. The molecule has 0 aliphatic heterocycles. The highest BCUT2D eigenvalue weighted by Gasteiger charge is 2.18. The number of nitrogens with zero attached hydrogens (tertiary/aromatic N) is 1. The topological polar surface area (TPSA) is 34.2 Å². The van der Waals surface area contributed by atoms with E-state index in [0.717, 1.165) is 18.0 Å². The smallest absolute Gasteiger partial charge is 0.218 e. The fourth-order valence-electron chi connectivity index (χ4n) is 2.14. The molecule has 1 fully saturated rings. The van der Waals surface area contributed by atoms with Gasteiger partial charge in [0.1, 0.15) is 6.10 Å². The third-order valence-electron chi connectivity index (χ3n) is 3.13. The highest BCUT2D eigenvalue weighted by molar-refractivity contribution is 5.25. The molecule has 1 saturated carbocycles. The van der Waals surface area contributed by atoms with E-state index in [1.54, 1.807) is 0 Å². The molecule has 17 heavy (non-hydrogen) atoms. The molecule has 0 radical (unpaired) electrons. The van der Waals surface area contributed by atoms with Crippen LogP contribution in [0.3, 0.4) is 0 Å². The molecule has 0 saturated heterocycles. The van der Waals surface area contributed by atoms with Crippen LogP contribution in [0.25, 0.3) is 0 Å². The van der Waals surface area contributed by atoms with Crippen LogP contribution in [0.2, 0.25) is 0 Å². The Morgan fingerprint density at radius 3 is 2.88 bits per heavy atom. The zero-order valence-corrected chi connectivity index (χ0v) is 10.8. The Kier molecular flexibility index (Phi) is 4.37. The van der Waals surface area contributed by atoms with Crippen LogP contribution in [0, 0.1) is 0 Å². The van der Waals surface area contributed by atoms with E-state index in [-0.39, 0.29) is 0 Å². The average molecular weight is 234 g/mol. The highest BCUT2D eigenvalue weighted by atomic mass is 16.5. The van der Waals surface area contributed by atoms with Crippen LogP contribution in [-0.4, -0.2) is 17.1 Å². The van der Waals surface area contributed by atoms with Crippen molar-refractivity contribution in [1.29, 1.82) is 0 Å². The molecule has 94 valence electrons. The summed E-state index contributed by atoms with van der Waals surface area (Å²) in [7, 11) is 0. The van der Waals surface area contributed by atoms with Crippen molar-refractivity contribution in [2.24, 2.45) is 0 Å². The molecule has 0 atom stereocenters. The maximum atomic E-state index is 5.99. The van der Waals surface area contributed by atoms with Gasteiger partial charge in [-0.15, -0.1) is 0 Å². The molecule has 0 aromatic carbocycles. The van der Waals surface area contributed by atoms with Crippen LogP contribution in [0.4, 0.5) is 0 Å². The Morgan fingerprint density at radius 1 is 1.41 bits per heavy atom. The van der Waals surface area contributed by atoms with E-state index >= 15 is 0 Å². The van der Waals surface area contributed by atoms with Crippen LogP contribution in [0.1, 0.15) is 45.1 Å². The van der Waals surface area contributed by atoms with E-state index < -0.39 is 0 Å². The maximum Gasteiger partial charge on any atom is 0.218 e. The summed E-state index contributed by atoms with van der Waals surface area (Å²) < 4.78 is 5.99. The molecule has 3 nitrogen and oxygen atoms in total. The molecule has 1 N–H and O–H groups in total. The fraction of sp³-hybridized carbons (Fsp3) is 0.643. The molecule has 3 heteroatoms. The van der Waals surface area contributed by atoms with E-state index in [1.165, 1.54) is 25.7 Å². The van der Waals surface area contributed by atoms with Crippen molar-refractivity contribution in [1.82, 2.24) is 10.3 Å². The third-order valence-corrected chi connectivity index (χ3v) is 3.13. The van der Waals surface area contributed by atoms with Crippen molar-refractivity contribution >= 4 is 0 Å². The zero-order chi connectivity index (χ0) is 12.1. The molecule has 0 bridgehead atoms. The number of aromatic nitrogens is 1. The minimum atomic E-state index is 0.377. The van der Waals surface area contributed by atoms with Gasteiger partial charge in [-0.1, -0.05) is 19.9 Å². The highest BCUT2D eigenvalue weighted by Crippen LogP contribution is 2.24. The molecule has 1 aliphatic rings. The van der Waals surface area contributed by atoms with Crippen LogP contribution < -0.4 is 10.1 Å². The molecule has 0 unspecified atom stereocenters. The van der Waals surface area contributed by atoms with Gasteiger partial charge in [-0.05, 0) is 31.7 Å². The SMILES string of the molecule is CC(C)NCc1cccnc1OC1CCCC1. The number of ether oxygens (including phenoxy) is 1. The lowest BCUT2D eigenvalue weighted by Crippen LogP contribution is -2.23. The number of pyridine rings is 1. The van der Waals surface area contributed by atoms with Gasteiger partial charge in [0.15, 0.2) is 0 Å². The number of hydrogen-bond donors (Lipinski definition) is 1. The molecule has 0 amide bonds. The maximum absolute atomic E-state index is 5.99. The normalized spacial score (nSPS) is 16.6. The van der Waals surface area contributed by atoms with Gasteiger partial charge in [0.05, 0.1) is 0 Å². The first-order valence-electron chi connectivity index (χ1n) is 6.59. The Balaban J connectivity index is 1.99. The summed E-state index contributed by atoms with van der Waals surface area (Å²) in [6, 6.07) is 4.54. The van der Waals surface area contributed by atoms with Gasteiger partial charge in [0, 0.05) is 24.3 Å². The molecular weight excluding hydrogens is 212 g/mol. The van der Waals surface area contributed by atoms with Crippen LogP contribution in [-0.2, 0) is 6.54 Å². The Morgan fingerprint density at radius 2 is 2.18 bits per heavy atom. The monoisotopic (exact) mass is 234 g/mol. The first-order valence-corrected chi connectivity index (χ1v) is 6.59. The first-order chi connectivity index (χ1) is 8.25. The zero-order valence-electron chi connectivity index (χ0n) is 10.8. The summed E-state index contributed by atoms with van der Waals surface area (Å²) in [5.74, 6) is 0.813. The van der Waals surface area contributed by atoms with Crippen molar-refractivity contribution < 1.29 is 4.74 Å². The van der Waals surface area contributed by atoms with E-state index in [1.807, 2.05) is 12.3 Å². The van der Waals surface area contributed by atoms with E-state index in [0.29, 0.717) is 12.1 Å². The van der Waals surface area contributed by atoms with Crippen LogP contribution >= 0.6 is 0 Å². The summed E-state index contributed by atoms with van der Waals surface area (Å²) in [6.07, 6.45) is 7.11. The van der Waals surface area contributed by atoms with Crippen molar-refractivity contribution in [3.8, 4) is 5.88 Å². The quantitative estimate of drug-likeness (QED) is 0.850. The second-order valence-electron chi connectivity index (χ2n) is 5.03. The minimum Gasteiger partial charge on any atom is -0.474 e. The standard InChI is InChI=1S/C14H22N2O/c1-11(2)16-10-12-6-5-9-15-14(12)17-13-7-3-4-8-13/h5-6,9,11,13,16H,3-4,7-8,10H2,1-2H3. The lowest BCUT2D eigenvalue weighted by Gasteiger charge is -2.16. The number of rotatable bonds is 5. The van der Waals surface area contributed by atoms with Gasteiger partial charge in [-0.25, -0.2) is 4.98 Å². The Hall–Kier alpha value is -1.09. The van der Waals surface area contributed by atoms with Gasteiger partial charge < -0.3 is 10.1 Å². The lowest BCUT2D eigenvalue weighted by atomic mass is 10.2. The van der Waals surface area contributed by atoms with Gasteiger partial charge in [-0.2, -0.15) is 0 Å². The summed E-state index contributed by atoms with van der Waals surface area (Å²) in [5, 5.41) is 3.41. The number of nitrogens with one attached hydrogen (secondary N) is 1. The molecule has 1 heterocycles. The molecule has 1 aromatic heterocycles. The molecule has 0 spiro atoms. The van der Waals surface area contributed by atoms with Crippen molar-refractivity contribution in [2.45, 2.75) is 58.2 Å². The van der Waals surface area contributed by atoms with Gasteiger partial charge in [-0.3, -0.25) is 0 Å². The number of hydrogen-bond acceptors (Lipinski definition) is 3. The van der Waals surface area contributed by atoms with Gasteiger partial charge in [0.2, 0.25) is 5.88 Å². The van der Waals surface area contributed by atoms with Gasteiger partial charge >= 0.3 is 0 Å². The minimum absolute atomic E-state index is 0.377. The van der Waals surface area contributed by atoms with Crippen LogP contribution in [0.15, 0.2) is 18.3 Å². The summed E-state index contributed by atoms with van der Waals surface area (Å²) in [4.78, 5) is 4.36. The second kappa shape index (κ2) is 6.01. The van der Waals surface area contributed by atoms with Crippen molar-refractivity contribution in [3.63, 3.8) is 0 Å². The Labute approximate surface area is 104 Å². The first kappa shape index (κ1) is 12.4. The summed E-state index contributed by atoms with van der Waals surface area (Å²) in [5.41, 5.74) is 1.16. The third kappa shape index (κ3) is 3.70. The molecule has 1 aliphatic carbocycles. The molecular formula is C14H22N2O. The van der Waals surface area contributed by atoms with Crippen molar-refractivity contribution in [2.75, 3.05) is 0 Å². The van der Waals surface area contributed by atoms with Crippen molar-refractivity contribution in [3.05, 3.63) is 23.9 Å². The largest absolute Gasteiger partial charge is 0.474 e. The van der Waals surface area contributed by atoms with Crippen LogP contribution in [0.5, 0.6) is 5.88 Å². The average Bonchev–Trinajstić information content (AvgIpc) is 2.80. The fourth-order valence-corrected chi connectivity index (χ4v) is 2.14. The van der Waals surface area contributed by atoms with E-state index in [2.05, 4.69) is 30.2 Å². The van der Waals surface area contributed by atoms with Gasteiger partial charge in [0.25, 0.3) is 0 Å². The van der Waals surface area contributed by atoms with E-state index in [9.17, 15) is 0 Å². The molecule has 2 rings (SSSR count). The summed E-state index contributed by atoms with van der Waals surface area (Å²) in [6.45, 7) is 5.12.